The molecule has 0 spiro atoms. The Morgan fingerprint density at radius 1 is 1.39 bits per heavy atom. The number of amides is 2. The summed E-state index contributed by atoms with van der Waals surface area (Å²) in [4.78, 5) is 25.2. The number of hydrogen-bond acceptors (Lipinski definition) is 4. The van der Waals surface area contributed by atoms with E-state index in [0.29, 0.717) is 11.6 Å². The number of halogens is 1. The van der Waals surface area contributed by atoms with E-state index in [1.54, 1.807) is 26.1 Å². The van der Waals surface area contributed by atoms with Gasteiger partial charge >= 0.3 is 0 Å². The fourth-order valence-corrected chi connectivity index (χ4v) is 2.22. The Bertz CT molecular complexity index is 740. The molecule has 0 fully saturated rings. The second-order valence-electron chi connectivity index (χ2n) is 4.92. The van der Waals surface area contributed by atoms with Crippen molar-refractivity contribution in [2.24, 2.45) is 0 Å². The molecule has 0 aliphatic heterocycles. The maximum Gasteiger partial charge on any atom is 0.246 e. The Labute approximate surface area is 142 Å². The van der Waals surface area contributed by atoms with E-state index >= 15 is 0 Å². The second-order valence-corrected chi connectivity index (χ2v) is 5.77. The highest BCUT2D eigenvalue weighted by Gasteiger charge is 2.12. The number of rotatable bonds is 5. The molecule has 0 atom stereocenters. The molecule has 0 saturated carbocycles. The first-order chi connectivity index (χ1) is 11.0. The van der Waals surface area contributed by atoms with E-state index in [1.807, 2.05) is 24.3 Å². The number of aromatic nitrogens is 1. The lowest BCUT2D eigenvalue weighted by Crippen LogP contribution is -2.33. The van der Waals surface area contributed by atoms with Gasteiger partial charge in [-0.25, -0.2) is 0 Å². The van der Waals surface area contributed by atoms with Crippen LogP contribution in [0.3, 0.4) is 0 Å². The van der Waals surface area contributed by atoms with Crippen molar-refractivity contribution in [3.63, 3.8) is 0 Å². The number of nitrogens with zero attached hydrogens (tertiary/aromatic N) is 2. The molecule has 2 amide bonds. The van der Waals surface area contributed by atoms with Gasteiger partial charge in [0.25, 0.3) is 0 Å². The van der Waals surface area contributed by atoms with Crippen LogP contribution in [0.1, 0.15) is 11.3 Å². The summed E-state index contributed by atoms with van der Waals surface area (Å²) in [6.45, 7) is 1.65. The van der Waals surface area contributed by atoms with Gasteiger partial charge in [0.15, 0.2) is 5.82 Å². The van der Waals surface area contributed by atoms with E-state index in [4.69, 9.17) is 4.52 Å². The second kappa shape index (κ2) is 7.73. The molecular formula is C16H16BrN3O3. The third-order valence-electron chi connectivity index (χ3n) is 2.96. The SMILES string of the molecule is Cc1cc(NC(=O)CN(C)C(=O)/C=C/c2ccccc2Br)no1. The van der Waals surface area contributed by atoms with Crippen molar-refractivity contribution in [1.29, 1.82) is 0 Å². The zero-order valence-electron chi connectivity index (χ0n) is 12.7. The van der Waals surface area contributed by atoms with Crippen LogP contribution in [-0.2, 0) is 9.59 Å². The molecule has 0 unspecified atom stereocenters. The molecular weight excluding hydrogens is 362 g/mol. The van der Waals surface area contributed by atoms with E-state index in [0.717, 1.165) is 10.0 Å². The lowest BCUT2D eigenvalue weighted by atomic mass is 10.2. The van der Waals surface area contributed by atoms with Crippen LogP contribution in [0, 0.1) is 6.92 Å². The lowest BCUT2D eigenvalue weighted by molar-refractivity contribution is -0.129. The normalized spacial score (nSPS) is 10.7. The highest BCUT2D eigenvalue weighted by Crippen LogP contribution is 2.17. The molecule has 0 aliphatic carbocycles. The molecule has 2 rings (SSSR count). The highest BCUT2D eigenvalue weighted by atomic mass is 79.9. The minimum Gasteiger partial charge on any atom is -0.360 e. The van der Waals surface area contributed by atoms with Crippen LogP contribution in [0.25, 0.3) is 6.08 Å². The van der Waals surface area contributed by atoms with Crippen molar-refractivity contribution in [3.05, 3.63) is 52.2 Å². The summed E-state index contributed by atoms with van der Waals surface area (Å²) in [7, 11) is 1.56. The van der Waals surface area contributed by atoms with Crippen molar-refractivity contribution >= 4 is 39.6 Å². The number of likely N-dealkylation sites (N-methyl/N-ethyl adjacent to an activating group) is 1. The number of benzene rings is 1. The van der Waals surface area contributed by atoms with Crippen molar-refractivity contribution in [3.8, 4) is 0 Å². The van der Waals surface area contributed by atoms with E-state index in [9.17, 15) is 9.59 Å². The summed E-state index contributed by atoms with van der Waals surface area (Å²) < 4.78 is 5.75. The molecule has 1 aromatic heterocycles. The van der Waals surface area contributed by atoms with Crippen LogP contribution in [0.4, 0.5) is 5.82 Å². The largest absolute Gasteiger partial charge is 0.360 e. The maximum atomic E-state index is 12.0. The third kappa shape index (κ3) is 5.07. The summed E-state index contributed by atoms with van der Waals surface area (Å²) in [5.74, 6) is 0.314. The topological polar surface area (TPSA) is 75.4 Å². The number of aryl methyl sites for hydroxylation is 1. The minimum absolute atomic E-state index is 0.0783. The number of carbonyl (C=O) groups is 2. The first kappa shape index (κ1) is 17.0. The number of nitrogens with one attached hydrogen (secondary N) is 1. The summed E-state index contributed by atoms with van der Waals surface area (Å²) in [5.41, 5.74) is 0.886. The van der Waals surface area contributed by atoms with Gasteiger partial charge in [0.2, 0.25) is 11.8 Å². The quantitative estimate of drug-likeness (QED) is 0.812. The average Bonchev–Trinajstić information content (AvgIpc) is 2.90. The van der Waals surface area contributed by atoms with Crippen molar-refractivity contribution in [2.75, 3.05) is 18.9 Å². The van der Waals surface area contributed by atoms with Gasteiger partial charge in [-0.05, 0) is 24.6 Å². The monoisotopic (exact) mass is 377 g/mol. The van der Waals surface area contributed by atoms with Gasteiger partial charge in [-0.15, -0.1) is 0 Å². The van der Waals surface area contributed by atoms with Crippen LogP contribution in [0.2, 0.25) is 0 Å². The maximum absolute atomic E-state index is 12.0. The molecule has 2 aromatic rings. The van der Waals surface area contributed by atoms with Crippen LogP contribution in [-0.4, -0.2) is 35.5 Å². The van der Waals surface area contributed by atoms with Gasteiger partial charge in [-0.3, -0.25) is 9.59 Å². The molecule has 0 bridgehead atoms. The van der Waals surface area contributed by atoms with Gasteiger partial charge in [0.1, 0.15) is 5.76 Å². The number of carbonyl (C=O) groups excluding carboxylic acids is 2. The molecule has 7 heteroatoms. The van der Waals surface area contributed by atoms with Crippen molar-refractivity contribution < 1.29 is 14.1 Å². The molecule has 120 valence electrons. The van der Waals surface area contributed by atoms with E-state index in [2.05, 4.69) is 26.4 Å². The lowest BCUT2D eigenvalue weighted by Gasteiger charge is -2.13. The van der Waals surface area contributed by atoms with Crippen LogP contribution < -0.4 is 5.32 Å². The molecule has 23 heavy (non-hydrogen) atoms. The highest BCUT2D eigenvalue weighted by molar-refractivity contribution is 9.10. The Morgan fingerprint density at radius 2 is 2.13 bits per heavy atom. The standard InChI is InChI=1S/C16H16BrN3O3/c1-11-9-14(19-23-11)18-15(21)10-20(2)16(22)8-7-12-5-3-4-6-13(12)17/h3-9H,10H2,1-2H3,(H,18,19,21)/b8-7+. The smallest absolute Gasteiger partial charge is 0.246 e. The summed E-state index contributed by atoms with van der Waals surface area (Å²) in [5, 5.41) is 6.23. The van der Waals surface area contributed by atoms with Gasteiger partial charge in [0.05, 0.1) is 6.54 Å². The van der Waals surface area contributed by atoms with Crippen molar-refractivity contribution in [1.82, 2.24) is 10.1 Å². The first-order valence-electron chi connectivity index (χ1n) is 6.86. The van der Waals surface area contributed by atoms with Crippen molar-refractivity contribution in [2.45, 2.75) is 6.92 Å². The zero-order chi connectivity index (χ0) is 16.8. The number of hydrogen-bond donors (Lipinski definition) is 1. The Balaban J connectivity index is 1.89. The number of anilines is 1. The summed E-state index contributed by atoms with van der Waals surface area (Å²) >= 11 is 3.41. The van der Waals surface area contributed by atoms with E-state index in [1.165, 1.54) is 11.0 Å². The van der Waals surface area contributed by atoms with Gasteiger partial charge in [0, 0.05) is 23.7 Å². The van der Waals surface area contributed by atoms with Gasteiger partial charge < -0.3 is 14.7 Å². The Kier molecular flexibility index (Phi) is 5.70. The third-order valence-corrected chi connectivity index (χ3v) is 3.69. The molecule has 0 saturated heterocycles. The first-order valence-corrected chi connectivity index (χ1v) is 7.66. The molecule has 1 heterocycles. The molecule has 0 radical (unpaired) electrons. The molecule has 0 aliphatic rings. The van der Waals surface area contributed by atoms with Crippen LogP contribution >= 0.6 is 15.9 Å². The van der Waals surface area contributed by atoms with Gasteiger partial charge in [-0.1, -0.05) is 39.3 Å². The summed E-state index contributed by atoms with van der Waals surface area (Å²) in [6.07, 6.45) is 3.12. The summed E-state index contributed by atoms with van der Waals surface area (Å²) in [6, 6.07) is 9.15. The fraction of sp³-hybridized carbons (Fsp3) is 0.188. The van der Waals surface area contributed by atoms with Crippen LogP contribution in [0.5, 0.6) is 0 Å². The fourth-order valence-electron chi connectivity index (χ4n) is 1.80. The van der Waals surface area contributed by atoms with E-state index < -0.39 is 0 Å². The van der Waals surface area contributed by atoms with Crippen LogP contribution in [0.15, 0.2) is 45.4 Å². The Morgan fingerprint density at radius 3 is 2.78 bits per heavy atom. The Hall–Kier alpha value is -2.41. The van der Waals surface area contributed by atoms with E-state index in [-0.39, 0.29) is 18.4 Å². The minimum atomic E-state index is -0.344. The molecule has 1 N–H and O–H groups in total. The predicted octanol–water partition coefficient (Wildman–Crippen LogP) is 2.86. The predicted molar refractivity (Wildman–Crippen MR) is 90.7 cm³/mol. The molecule has 6 nitrogen and oxygen atoms in total. The van der Waals surface area contributed by atoms with Gasteiger partial charge in [-0.2, -0.15) is 0 Å². The zero-order valence-corrected chi connectivity index (χ0v) is 14.3. The average molecular weight is 378 g/mol. The molecule has 1 aromatic carbocycles.